The highest BCUT2D eigenvalue weighted by molar-refractivity contribution is 5.72. The van der Waals surface area contributed by atoms with Crippen LogP contribution in [-0.2, 0) is 0 Å². The van der Waals surface area contributed by atoms with E-state index in [1.807, 2.05) is 0 Å². The van der Waals surface area contributed by atoms with Crippen LogP contribution in [0.15, 0.2) is 36.7 Å². The first-order chi connectivity index (χ1) is 16.7. The molecule has 3 aromatic rings. The zero-order chi connectivity index (χ0) is 24.7. The van der Waals surface area contributed by atoms with E-state index < -0.39 is 13.2 Å². The predicted octanol–water partition coefficient (Wildman–Crippen LogP) is 2.38. The Balaban J connectivity index is 1.33. The topological polar surface area (TPSA) is 109 Å². The number of aromatic hydroxyl groups is 1. The molecule has 2 bridgehead atoms. The molecule has 0 unspecified atom stereocenters. The average molecular weight is 440 g/mol. The molecule has 2 saturated heterocycles. The van der Waals surface area contributed by atoms with E-state index in [4.69, 9.17) is 8.85 Å². The number of nitrogens with zero attached hydrogens (tertiary/aromatic N) is 6. The number of nitrogens with one attached hydrogen (secondary N) is 1. The van der Waals surface area contributed by atoms with Gasteiger partial charge in [-0.1, -0.05) is 6.07 Å². The summed E-state index contributed by atoms with van der Waals surface area (Å²) in [6.07, 6.45) is 4.48. The summed E-state index contributed by atoms with van der Waals surface area (Å²) in [5, 5.41) is 29.7. The van der Waals surface area contributed by atoms with Crippen LogP contribution in [0.4, 0.5) is 10.2 Å². The second-order valence-corrected chi connectivity index (χ2v) is 8.16. The molecule has 0 amide bonds. The molecule has 32 heavy (non-hydrogen) atoms. The number of halogens is 1. The van der Waals surface area contributed by atoms with Crippen LogP contribution < -0.4 is 15.0 Å². The van der Waals surface area contributed by atoms with Crippen molar-refractivity contribution in [1.29, 1.82) is 0 Å². The Labute approximate surface area is 188 Å². The Bertz CT molecular complexity index is 1210. The van der Waals surface area contributed by atoms with E-state index in [0.29, 0.717) is 35.0 Å². The van der Waals surface area contributed by atoms with Crippen LogP contribution in [0.2, 0.25) is 0 Å². The molecular formula is C22H24FN7O2. The van der Waals surface area contributed by atoms with Crippen LogP contribution in [-0.4, -0.2) is 68.9 Å². The summed E-state index contributed by atoms with van der Waals surface area (Å²) in [5.74, 6) is 0.422. The van der Waals surface area contributed by atoms with Gasteiger partial charge in [-0.15, -0.1) is 15.3 Å². The Kier molecular flexibility index (Phi) is 4.44. The third-order valence-electron chi connectivity index (χ3n) is 6.27. The first-order valence-electron chi connectivity index (χ1n) is 11.9. The third-order valence-corrected chi connectivity index (χ3v) is 6.27. The Morgan fingerprint density at radius 2 is 2.09 bits per heavy atom. The molecule has 2 fully saturated rings. The maximum Gasteiger partial charge on any atom is 0.233 e. The molecule has 2 aliphatic rings. The highest BCUT2D eigenvalue weighted by Gasteiger charge is 2.43. The van der Waals surface area contributed by atoms with Crippen molar-refractivity contribution in [2.24, 2.45) is 0 Å². The fourth-order valence-electron chi connectivity index (χ4n) is 4.53. The number of piperidine rings is 1. The largest absolute Gasteiger partial charge is 0.507 e. The Morgan fingerprint density at radius 1 is 1.19 bits per heavy atom. The molecular weight excluding hydrogens is 413 g/mol. The summed E-state index contributed by atoms with van der Waals surface area (Å²) in [6.45, 7) is 0. The molecule has 1 aromatic carbocycles. The lowest BCUT2D eigenvalue weighted by Crippen LogP contribution is -2.55. The lowest BCUT2D eigenvalue weighted by molar-refractivity contribution is 0.176. The van der Waals surface area contributed by atoms with Gasteiger partial charge in [0.15, 0.2) is 11.6 Å². The zero-order valence-corrected chi connectivity index (χ0v) is 17.3. The van der Waals surface area contributed by atoms with Crippen LogP contribution in [0, 0.1) is 0 Å². The van der Waals surface area contributed by atoms with Crippen LogP contribution in [0.5, 0.6) is 11.6 Å². The molecule has 0 radical (unpaired) electrons. The smallest absolute Gasteiger partial charge is 0.233 e. The average Bonchev–Trinajstić information content (AvgIpc) is 3.23. The van der Waals surface area contributed by atoms with E-state index in [1.54, 1.807) is 24.1 Å². The predicted molar refractivity (Wildman–Crippen MR) is 116 cm³/mol. The maximum atomic E-state index is 14.9. The number of aromatic nitrogens is 5. The molecule has 9 nitrogen and oxygen atoms in total. The highest BCUT2D eigenvalue weighted by Crippen LogP contribution is 2.34. The van der Waals surface area contributed by atoms with Crippen molar-refractivity contribution in [2.45, 2.75) is 43.6 Å². The number of anilines is 1. The highest BCUT2D eigenvalue weighted by atomic mass is 19.1. The molecule has 166 valence electrons. The van der Waals surface area contributed by atoms with Crippen LogP contribution >= 0.6 is 0 Å². The number of fused-ring (bicyclic) bond motifs is 2. The normalized spacial score (nSPS) is 26.1. The summed E-state index contributed by atoms with van der Waals surface area (Å²) in [5.41, 5.74) is 1.43. The van der Waals surface area contributed by atoms with Gasteiger partial charge in [0, 0.05) is 30.8 Å². The number of benzene rings is 1. The minimum Gasteiger partial charge on any atom is -0.507 e. The van der Waals surface area contributed by atoms with Gasteiger partial charge in [0.25, 0.3) is 0 Å². The zero-order valence-electron chi connectivity index (χ0n) is 20.3. The number of alkyl halides is 1. The maximum absolute atomic E-state index is 14.9. The van der Waals surface area contributed by atoms with E-state index in [1.165, 1.54) is 24.5 Å². The number of hydrogen-bond acceptors (Lipinski definition) is 9. The second kappa shape index (κ2) is 8.27. The standard InChI is InChI=1S/C22H24FN7O2/c1-30(17-9-14-4-6-16(26-14)21(17)23)19-11-24-22(29-27-19)15-5-3-12(7-18(15)31)13-8-20(32-2)28-25-10-13/h3,5,7-8,10-11,14,16-17,21,26,31H,4,6,9H2,1-2H3/t14-,16-,17-,21+/m0/s1/i2D3. The molecule has 2 N–H and O–H groups in total. The Morgan fingerprint density at radius 3 is 2.88 bits per heavy atom. The second-order valence-electron chi connectivity index (χ2n) is 8.16. The van der Waals surface area contributed by atoms with E-state index in [9.17, 15) is 9.50 Å². The van der Waals surface area contributed by atoms with Gasteiger partial charge < -0.3 is 20.1 Å². The van der Waals surface area contributed by atoms with Gasteiger partial charge in [-0.05, 0) is 37.0 Å². The minimum atomic E-state index is -2.65. The lowest BCUT2D eigenvalue weighted by atomic mass is 9.96. The van der Waals surface area contributed by atoms with Crippen molar-refractivity contribution in [3.05, 3.63) is 36.7 Å². The number of methoxy groups -OCH3 is 1. The van der Waals surface area contributed by atoms with E-state index in [-0.39, 0.29) is 29.5 Å². The summed E-state index contributed by atoms with van der Waals surface area (Å²) >= 11 is 0. The molecule has 2 aliphatic heterocycles. The van der Waals surface area contributed by atoms with Crippen LogP contribution in [0.3, 0.4) is 0 Å². The van der Waals surface area contributed by atoms with Gasteiger partial charge >= 0.3 is 0 Å². The fraction of sp³-hybridized carbons (Fsp3) is 0.409. The molecule has 0 spiro atoms. The molecule has 4 heterocycles. The van der Waals surface area contributed by atoms with Crippen LogP contribution in [0.1, 0.15) is 23.4 Å². The van der Waals surface area contributed by atoms with Gasteiger partial charge in [0.05, 0.1) is 35.1 Å². The van der Waals surface area contributed by atoms with Gasteiger partial charge in [-0.25, -0.2) is 9.37 Å². The molecule has 4 atom stereocenters. The molecule has 0 saturated carbocycles. The van der Waals surface area contributed by atoms with Gasteiger partial charge in [-0.2, -0.15) is 5.10 Å². The minimum absolute atomic E-state index is 0.0979. The molecule has 10 heteroatoms. The molecule has 0 aliphatic carbocycles. The first kappa shape index (κ1) is 17.2. The summed E-state index contributed by atoms with van der Waals surface area (Å²) in [4.78, 5) is 6.13. The SMILES string of the molecule is [2H]C([2H])([2H])Oc1cc(-c2ccc(-c3ncc(N(C)[C@H]4C[C@@H]5CC[C@H](N5)[C@H]4F)nn3)c(O)c2)cnn1. The quantitative estimate of drug-likeness (QED) is 0.618. The number of phenols is 1. The summed E-state index contributed by atoms with van der Waals surface area (Å²) in [7, 11) is -0.852. The Hall–Kier alpha value is -3.40. The summed E-state index contributed by atoms with van der Waals surface area (Å²) in [6, 6.07) is 6.13. The van der Waals surface area contributed by atoms with Crippen molar-refractivity contribution in [3.8, 4) is 34.1 Å². The number of phenolic OH excluding ortho intramolecular Hbond substituents is 1. The molecule has 2 aromatic heterocycles. The number of ether oxygens (including phenoxy) is 1. The first-order valence-corrected chi connectivity index (χ1v) is 10.4. The van der Waals surface area contributed by atoms with Gasteiger partial charge in [-0.3, -0.25) is 0 Å². The summed E-state index contributed by atoms with van der Waals surface area (Å²) < 4.78 is 41.3. The van der Waals surface area contributed by atoms with E-state index in [0.717, 1.165) is 12.8 Å². The monoisotopic (exact) mass is 440 g/mol. The van der Waals surface area contributed by atoms with Crippen molar-refractivity contribution in [3.63, 3.8) is 0 Å². The van der Waals surface area contributed by atoms with E-state index in [2.05, 4.69) is 30.7 Å². The number of rotatable bonds is 5. The fourth-order valence-corrected chi connectivity index (χ4v) is 4.53. The van der Waals surface area contributed by atoms with Crippen molar-refractivity contribution in [2.75, 3.05) is 19.0 Å². The molecule has 5 rings (SSSR count). The number of hydrogen-bond donors (Lipinski definition) is 2. The van der Waals surface area contributed by atoms with E-state index >= 15 is 0 Å². The van der Waals surface area contributed by atoms with Crippen molar-refractivity contribution >= 4 is 5.82 Å². The van der Waals surface area contributed by atoms with Crippen LogP contribution in [0.25, 0.3) is 22.5 Å². The van der Waals surface area contributed by atoms with Gasteiger partial charge in [0.1, 0.15) is 11.9 Å². The third kappa shape index (κ3) is 3.70. The van der Waals surface area contributed by atoms with Gasteiger partial charge in [0.2, 0.25) is 5.88 Å². The van der Waals surface area contributed by atoms with Crippen molar-refractivity contribution < 1.29 is 18.3 Å². The van der Waals surface area contributed by atoms with Crippen molar-refractivity contribution in [1.82, 2.24) is 30.7 Å². The lowest BCUT2D eigenvalue weighted by Gasteiger charge is -2.38.